The summed E-state index contributed by atoms with van der Waals surface area (Å²) in [7, 11) is 2.46. The van der Waals surface area contributed by atoms with Gasteiger partial charge in [-0.05, 0) is 5.54 Å². The third-order valence-electron chi connectivity index (χ3n) is 2.45. The first-order valence-electron chi connectivity index (χ1n) is 4.89. The summed E-state index contributed by atoms with van der Waals surface area (Å²) in [5.74, 6) is 0. The van der Waals surface area contributed by atoms with E-state index in [-0.39, 0.29) is 0 Å². The van der Waals surface area contributed by atoms with Crippen molar-refractivity contribution in [1.29, 1.82) is 0 Å². The van der Waals surface area contributed by atoms with Crippen LogP contribution in [0.15, 0.2) is 0 Å². The highest BCUT2D eigenvalue weighted by molar-refractivity contribution is 6.77. The van der Waals surface area contributed by atoms with Crippen LogP contribution >= 0.6 is 0 Å². The van der Waals surface area contributed by atoms with Gasteiger partial charge in [-0.25, -0.2) is 0 Å². The standard InChI is InChI=1S/C10H23OSi/c1-6-7-8-10(9-11-2)12(3,4)5/h10H,2,6-9H2,1,3-5H3. The number of unbranched alkanes of at least 4 members (excludes halogenated alkanes) is 1. The highest BCUT2D eigenvalue weighted by Gasteiger charge is 2.25. The molecular formula is C10H23OSi. The number of hydrogen-bond acceptors (Lipinski definition) is 1. The molecule has 0 N–H and O–H groups in total. The number of rotatable bonds is 6. The van der Waals surface area contributed by atoms with E-state index in [0.29, 0.717) is 0 Å². The Morgan fingerprint density at radius 1 is 1.33 bits per heavy atom. The molecule has 0 fully saturated rings. The van der Waals surface area contributed by atoms with Crippen LogP contribution in [0.5, 0.6) is 0 Å². The highest BCUT2D eigenvalue weighted by atomic mass is 28.3. The lowest BCUT2D eigenvalue weighted by Crippen LogP contribution is -2.30. The molecule has 0 aliphatic carbocycles. The summed E-state index contributed by atoms with van der Waals surface area (Å²) in [6.07, 6.45) is 3.94. The van der Waals surface area contributed by atoms with Crippen molar-refractivity contribution in [3.8, 4) is 0 Å². The van der Waals surface area contributed by atoms with E-state index in [0.717, 1.165) is 12.1 Å². The van der Waals surface area contributed by atoms with E-state index in [9.17, 15) is 0 Å². The van der Waals surface area contributed by atoms with E-state index in [1.54, 1.807) is 0 Å². The van der Waals surface area contributed by atoms with Gasteiger partial charge in [0.25, 0.3) is 0 Å². The lowest BCUT2D eigenvalue weighted by atomic mass is 10.2. The van der Waals surface area contributed by atoms with Crippen LogP contribution in [0.1, 0.15) is 26.2 Å². The van der Waals surface area contributed by atoms with E-state index >= 15 is 0 Å². The first-order valence-corrected chi connectivity index (χ1v) is 8.47. The lowest BCUT2D eigenvalue weighted by molar-refractivity contribution is 0.231. The van der Waals surface area contributed by atoms with E-state index in [1.165, 1.54) is 19.3 Å². The third-order valence-corrected chi connectivity index (χ3v) is 5.35. The molecule has 0 rings (SSSR count). The first kappa shape index (κ1) is 12.2. The van der Waals surface area contributed by atoms with Crippen molar-refractivity contribution >= 4 is 8.07 Å². The smallest absolute Gasteiger partial charge is 0.0700 e. The quantitative estimate of drug-likeness (QED) is 0.576. The van der Waals surface area contributed by atoms with E-state index < -0.39 is 8.07 Å². The Balaban J connectivity index is 3.86. The fourth-order valence-electron chi connectivity index (χ4n) is 1.36. The van der Waals surface area contributed by atoms with Gasteiger partial charge in [-0.2, -0.15) is 0 Å². The second-order valence-electron chi connectivity index (χ2n) is 4.58. The molecule has 0 heterocycles. The molecule has 0 aliphatic heterocycles. The fraction of sp³-hybridized carbons (Fsp3) is 0.900. The normalized spacial score (nSPS) is 14.8. The zero-order valence-corrected chi connectivity index (χ0v) is 10.0. The molecule has 1 atom stereocenters. The average Bonchev–Trinajstić information content (AvgIpc) is 1.95. The van der Waals surface area contributed by atoms with Crippen molar-refractivity contribution < 1.29 is 4.74 Å². The summed E-state index contributed by atoms with van der Waals surface area (Å²) >= 11 is 0. The maximum atomic E-state index is 5.01. The zero-order valence-electron chi connectivity index (χ0n) is 9.02. The minimum atomic E-state index is -1.01. The van der Waals surface area contributed by atoms with Gasteiger partial charge in [0, 0.05) is 14.7 Å². The van der Waals surface area contributed by atoms with Crippen LogP contribution in [0.3, 0.4) is 0 Å². The van der Waals surface area contributed by atoms with Gasteiger partial charge in [-0.15, -0.1) is 0 Å². The van der Waals surface area contributed by atoms with Gasteiger partial charge >= 0.3 is 0 Å². The van der Waals surface area contributed by atoms with Gasteiger partial charge in [0.1, 0.15) is 0 Å². The molecule has 1 nitrogen and oxygen atoms in total. The number of ether oxygens (including phenoxy) is 1. The SMILES string of the molecule is [CH2]OCC(CCCC)[Si](C)(C)C. The fourth-order valence-corrected chi connectivity index (χ4v) is 3.05. The Labute approximate surface area is 78.5 Å². The van der Waals surface area contributed by atoms with Gasteiger partial charge in [-0.3, -0.25) is 0 Å². The predicted octanol–water partition coefficient (Wildman–Crippen LogP) is 3.69. The molecule has 0 spiro atoms. The monoisotopic (exact) mass is 187 g/mol. The molecule has 0 aromatic heterocycles. The van der Waals surface area contributed by atoms with Crippen molar-refractivity contribution in [1.82, 2.24) is 0 Å². The highest BCUT2D eigenvalue weighted by Crippen LogP contribution is 2.27. The lowest BCUT2D eigenvalue weighted by Gasteiger charge is -2.28. The summed E-state index contributed by atoms with van der Waals surface area (Å²) in [5.41, 5.74) is 0.787. The Morgan fingerprint density at radius 3 is 2.25 bits per heavy atom. The summed E-state index contributed by atoms with van der Waals surface area (Å²) in [5, 5.41) is 0. The Morgan fingerprint density at radius 2 is 1.92 bits per heavy atom. The van der Waals surface area contributed by atoms with Crippen LogP contribution in [0.2, 0.25) is 25.2 Å². The second-order valence-corrected chi connectivity index (χ2v) is 10.1. The van der Waals surface area contributed by atoms with E-state index in [4.69, 9.17) is 4.74 Å². The van der Waals surface area contributed by atoms with E-state index in [1.807, 2.05) is 0 Å². The minimum Gasteiger partial charge on any atom is -0.379 e. The molecule has 2 heteroatoms. The molecule has 73 valence electrons. The predicted molar refractivity (Wildman–Crippen MR) is 57.9 cm³/mol. The van der Waals surface area contributed by atoms with Gasteiger partial charge in [0.2, 0.25) is 0 Å². The summed E-state index contributed by atoms with van der Waals surface area (Å²) in [6.45, 7) is 10.3. The van der Waals surface area contributed by atoms with Crippen LogP contribution in [0, 0.1) is 7.11 Å². The molecule has 0 aliphatic rings. The number of hydrogen-bond donors (Lipinski definition) is 0. The molecule has 0 saturated heterocycles. The van der Waals surface area contributed by atoms with Crippen LogP contribution < -0.4 is 0 Å². The largest absolute Gasteiger partial charge is 0.379 e. The van der Waals surface area contributed by atoms with Gasteiger partial charge in [0.05, 0.1) is 7.11 Å². The molecule has 0 bridgehead atoms. The molecule has 12 heavy (non-hydrogen) atoms. The maximum absolute atomic E-state index is 5.01. The summed E-state index contributed by atoms with van der Waals surface area (Å²) in [6, 6.07) is 0. The van der Waals surface area contributed by atoms with Gasteiger partial charge < -0.3 is 4.74 Å². The van der Waals surface area contributed by atoms with Crippen LogP contribution in [-0.2, 0) is 4.74 Å². The second kappa shape index (κ2) is 5.76. The molecule has 1 radical (unpaired) electrons. The van der Waals surface area contributed by atoms with Crippen molar-refractivity contribution in [2.45, 2.75) is 51.4 Å². The van der Waals surface area contributed by atoms with Crippen LogP contribution in [0.4, 0.5) is 0 Å². The van der Waals surface area contributed by atoms with Crippen LogP contribution in [0.25, 0.3) is 0 Å². The average molecular weight is 187 g/mol. The van der Waals surface area contributed by atoms with Crippen molar-refractivity contribution in [2.24, 2.45) is 0 Å². The van der Waals surface area contributed by atoms with Crippen molar-refractivity contribution in [3.63, 3.8) is 0 Å². The first-order chi connectivity index (χ1) is 5.52. The van der Waals surface area contributed by atoms with Crippen LogP contribution in [-0.4, -0.2) is 14.7 Å². The molecule has 0 amide bonds. The molecule has 0 aromatic rings. The molecule has 0 aromatic carbocycles. The summed E-state index contributed by atoms with van der Waals surface area (Å²) in [4.78, 5) is 0. The van der Waals surface area contributed by atoms with Gasteiger partial charge in [-0.1, -0.05) is 45.8 Å². The Bertz CT molecular complexity index is 107. The van der Waals surface area contributed by atoms with Crippen molar-refractivity contribution in [3.05, 3.63) is 7.11 Å². The molecule has 0 saturated carbocycles. The Kier molecular flexibility index (Phi) is 5.84. The summed E-state index contributed by atoms with van der Waals surface area (Å²) < 4.78 is 5.01. The van der Waals surface area contributed by atoms with E-state index in [2.05, 4.69) is 33.7 Å². The Hall–Kier alpha value is 0.177. The topological polar surface area (TPSA) is 9.23 Å². The maximum Gasteiger partial charge on any atom is 0.0700 e. The molecular weight excluding hydrogens is 164 g/mol. The zero-order chi connectivity index (χ0) is 9.61. The molecule has 1 unspecified atom stereocenters. The minimum absolute atomic E-state index is 0.787. The van der Waals surface area contributed by atoms with Gasteiger partial charge in [0.15, 0.2) is 0 Å². The van der Waals surface area contributed by atoms with Crippen molar-refractivity contribution in [2.75, 3.05) is 6.61 Å². The third kappa shape index (κ3) is 4.94.